The molecule has 23 heavy (non-hydrogen) atoms. The highest BCUT2D eigenvalue weighted by molar-refractivity contribution is 5.79. The van der Waals surface area contributed by atoms with Crippen molar-refractivity contribution in [3.63, 3.8) is 0 Å². The van der Waals surface area contributed by atoms with Crippen LogP contribution in [0.5, 0.6) is 0 Å². The predicted molar refractivity (Wildman–Crippen MR) is 94.1 cm³/mol. The summed E-state index contributed by atoms with van der Waals surface area (Å²) in [5.41, 5.74) is 4.81. The van der Waals surface area contributed by atoms with Gasteiger partial charge in [0.25, 0.3) is 0 Å². The lowest BCUT2D eigenvalue weighted by molar-refractivity contribution is -0.125. The molecule has 0 bridgehead atoms. The molecule has 2 aromatic rings. The van der Waals surface area contributed by atoms with Crippen molar-refractivity contribution in [3.05, 3.63) is 59.7 Å². The van der Waals surface area contributed by atoms with Gasteiger partial charge >= 0.3 is 0 Å². The van der Waals surface area contributed by atoms with E-state index in [1.807, 2.05) is 0 Å². The number of amides is 1. The Balaban J connectivity index is 1.64. The summed E-state index contributed by atoms with van der Waals surface area (Å²) >= 11 is 0. The standard InChI is InChI=1S/C20H24N2O/c1-15-5-2-7-17(11-15)18-8-3-6-16(12-18)13-22-20(23)19-9-4-10-21-14-19/h2-3,5-8,11-12,19,21H,4,9-10,13-14H2,1H3,(H,22,23). The highest BCUT2D eigenvalue weighted by Gasteiger charge is 2.20. The van der Waals surface area contributed by atoms with E-state index in [9.17, 15) is 4.79 Å². The first kappa shape index (κ1) is 15.8. The Morgan fingerprint density at radius 2 is 1.96 bits per heavy atom. The normalized spacial score (nSPS) is 17.7. The first-order chi connectivity index (χ1) is 11.2. The van der Waals surface area contributed by atoms with E-state index in [4.69, 9.17) is 0 Å². The molecule has 3 rings (SSSR count). The van der Waals surface area contributed by atoms with E-state index in [1.54, 1.807) is 0 Å². The number of rotatable bonds is 4. The summed E-state index contributed by atoms with van der Waals surface area (Å²) < 4.78 is 0. The van der Waals surface area contributed by atoms with Gasteiger partial charge in [-0.15, -0.1) is 0 Å². The largest absolute Gasteiger partial charge is 0.352 e. The minimum atomic E-state index is 0.115. The number of carbonyl (C=O) groups is 1. The van der Waals surface area contributed by atoms with Crippen LogP contribution in [0.4, 0.5) is 0 Å². The van der Waals surface area contributed by atoms with Crippen molar-refractivity contribution in [2.45, 2.75) is 26.3 Å². The second-order valence-electron chi connectivity index (χ2n) is 6.33. The molecule has 2 N–H and O–H groups in total. The Kier molecular flexibility index (Phi) is 5.09. The smallest absolute Gasteiger partial charge is 0.224 e. The Labute approximate surface area is 138 Å². The van der Waals surface area contributed by atoms with E-state index < -0.39 is 0 Å². The molecule has 1 unspecified atom stereocenters. The molecule has 0 spiro atoms. The van der Waals surface area contributed by atoms with Gasteiger partial charge in [0, 0.05) is 13.1 Å². The minimum absolute atomic E-state index is 0.115. The van der Waals surface area contributed by atoms with E-state index >= 15 is 0 Å². The highest BCUT2D eigenvalue weighted by Crippen LogP contribution is 2.21. The van der Waals surface area contributed by atoms with Crippen LogP contribution in [0.1, 0.15) is 24.0 Å². The summed E-state index contributed by atoms with van der Waals surface area (Å²) in [7, 11) is 0. The van der Waals surface area contributed by atoms with Crippen LogP contribution in [0, 0.1) is 12.8 Å². The summed E-state index contributed by atoms with van der Waals surface area (Å²) in [5.74, 6) is 0.280. The number of hydrogen-bond donors (Lipinski definition) is 2. The van der Waals surface area contributed by atoms with Crippen molar-refractivity contribution in [2.24, 2.45) is 5.92 Å². The molecule has 1 heterocycles. The van der Waals surface area contributed by atoms with Crippen LogP contribution in [0.25, 0.3) is 11.1 Å². The van der Waals surface area contributed by atoms with Gasteiger partial charge in [0.2, 0.25) is 5.91 Å². The van der Waals surface area contributed by atoms with Crippen molar-refractivity contribution < 1.29 is 4.79 Å². The quantitative estimate of drug-likeness (QED) is 0.910. The van der Waals surface area contributed by atoms with E-state index in [0.29, 0.717) is 6.54 Å². The Morgan fingerprint density at radius 1 is 1.17 bits per heavy atom. The molecule has 1 aliphatic heterocycles. The fraction of sp³-hybridized carbons (Fsp3) is 0.350. The molecule has 0 radical (unpaired) electrons. The van der Waals surface area contributed by atoms with Gasteiger partial charge in [0.15, 0.2) is 0 Å². The molecule has 0 saturated carbocycles. The maximum absolute atomic E-state index is 12.2. The first-order valence-electron chi connectivity index (χ1n) is 8.37. The second-order valence-corrected chi connectivity index (χ2v) is 6.33. The summed E-state index contributed by atoms with van der Waals surface area (Å²) in [4.78, 5) is 12.2. The molecular formula is C20H24N2O. The molecule has 1 atom stereocenters. The van der Waals surface area contributed by atoms with Crippen LogP contribution in [0.2, 0.25) is 0 Å². The fourth-order valence-electron chi connectivity index (χ4n) is 3.09. The molecular weight excluding hydrogens is 284 g/mol. The third-order valence-electron chi connectivity index (χ3n) is 4.41. The molecule has 2 aromatic carbocycles. The number of aryl methyl sites for hydroxylation is 1. The maximum Gasteiger partial charge on any atom is 0.224 e. The van der Waals surface area contributed by atoms with Gasteiger partial charge in [-0.1, -0.05) is 48.0 Å². The summed E-state index contributed by atoms with van der Waals surface area (Å²) in [6.07, 6.45) is 2.07. The molecule has 0 aliphatic carbocycles. The Morgan fingerprint density at radius 3 is 2.70 bits per heavy atom. The first-order valence-corrected chi connectivity index (χ1v) is 8.37. The number of hydrogen-bond acceptors (Lipinski definition) is 2. The van der Waals surface area contributed by atoms with E-state index in [1.165, 1.54) is 16.7 Å². The fourth-order valence-corrected chi connectivity index (χ4v) is 3.09. The summed E-state index contributed by atoms with van der Waals surface area (Å²) in [5, 5.41) is 6.37. The third-order valence-corrected chi connectivity index (χ3v) is 4.41. The van der Waals surface area contributed by atoms with Crippen LogP contribution in [0.3, 0.4) is 0 Å². The van der Waals surface area contributed by atoms with Crippen LogP contribution in [-0.2, 0) is 11.3 Å². The summed E-state index contributed by atoms with van der Waals surface area (Å²) in [6, 6.07) is 16.9. The monoisotopic (exact) mass is 308 g/mol. The molecule has 3 nitrogen and oxygen atoms in total. The zero-order valence-electron chi connectivity index (χ0n) is 13.6. The third kappa shape index (κ3) is 4.20. The van der Waals surface area contributed by atoms with Crippen molar-refractivity contribution >= 4 is 5.91 Å². The lowest BCUT2D eigenvalue weighted by atomic mass is 9.98. The van der Waals surface area contributed by atoms with Crippen LogP contribution >= 0.6 is 0 Å². The molecule has 0 aromatic heterocycles. The average Bonchev–Trinajstić information content (AvgIpc) is 2.61. The molecule has 1 amide bonds. The molecule has 120 valence electrons. The van der Waals surface area contributed by atoms with Gasteiger partial charge in [-0.25, -0.2) is 0 Å². The van der Waals surface area contributed by atoms with Crippen molar-refractivity contribution in [1.82, 2.24) is 10.6 Å². The lowest BCUT2D eigenvalue weighted by Gasteiger charge is -2.21. The Bertz CT molecular complexity index is 675. The van der Waals surface area contributed by atoms with Crippen LogP contribution in [0.15, 0.2) is 48.5 Å². The van der Waals surface area contributed by atoms with Crippen molar-refractivity contribution in [3.8, 4) is 11.1 Å². The predicted octanol–water partition coefficient (Wildman–Crippen LogP) is 3.28. The van der Waals surface area contributed by atoms with Crippen LogP contribution in [-0.4, -0.2) is 19.0 Å². The number of benzene rings is 2. The number of carbonyl (C=O) groups excluding carboxylic acids is 1. The topological polar surface area (TPSA) is 41.1 Å². The molecule has 1 fully saturated rings. The van der Waals surface area contributed by atoms with Gasteiger partial charge < -0.3 is 10.6 Å². The zero-order chi connectivity index (χ0) is 16.1. The van der Waals surface area contributed by atoms with Crippen LogP contribution < -0.4 is 10.6 Å². The van der Waals surface area contributed by atoms with Gasteiger partial charge in [0.05, 0.1) is 5.92 Å². The van der Waals surface area contributed by atoms with Crippen molar-refractivity contribution in [1.29, 1.82) is 0 Å². The molecule has 3 heteroatoms. The maximum atomic E-state index is 12.2. The average molecular weight is 308 g/mol. The van der Waals surface area contributed by atoms with E-state index in [0.717, 1.165) is 31.5 Å². The second kappa shape index (κ2) is 7.42. The number of piperidine rings is 1. The molecule has 1 saturated heterocycles. The Hall–Kier alpha value is -2.13. The van der Waals surface area contributed by atoms with Gasteiger partial charge in [-0.3, -0.25) is 4.79 Å². The van der Waals surface area contributed by atoms with Gasteiger partial charge in [-0.2, -0.15) is 0 Å². The van der Waals surface area contributed by atoms with E-state index in [-0.39, 0.29) is 11.8 Å². The van der Waals surface area contributed by atoms with Gasteiger partial charge in [-0.05, 0) is 49.1 Å². The zero-order valence-corrected chi connectivity index (χ0v) is 13.6. The van der Waals surface area contributed by atoms with Crippen molar-refractivity contribution in [2.75, 3.05) is 13.1 Å². The highest BCUT2D eigenvalue weighted by atomic mass is 16.1. The SMILES string of the molecule is Cc1cccc(-c2cccc(CNC(=O)C3CCCNC3)c2)c1. The number of nitrogens with one attached hydrogen (secondary N) is 2. The van der Waals surface area contributed by atoms with Gasteiger partial charge in [0.1, 0.15) is 0 Å². The van der Waals surface area contributed by atoms with E-state index in [2.05, 4.69) is 66.1 Å². The molecule has 1 aliphatic rings. The summed E-state index contributed by atoms with van der Waals surface area (Å²) in [6.45, 7) is 4.53. The minimum Gasteiger partial charge on any atom is -0.352 e. The lowest BCUT2D eigenvalue weighted by Crippen LogP contribution is -2.40.